The Morgan fingerprint density at radius 1 is 1.20 bits per heavy atom. The van der Waals surface area contributed by atoms with E-state index in [1.165, 1.54) is 0 Å². The lowest BCUT2D eigenvalue weighted by Gasteiger charge is -1.90. The minimum absolute atomic E-state index is 0. The molecule has 0 amide bonds. The molecule has 1 unspecified atom stereocenters. The van der Waals surface area contributed by atoms with Gasteiger partial charge in [0, 0.05) is 6.61 Å². The number of aliphatic hydroxyl groups excluding tert-OH is 1. The minimum atomic E-state index is 0. The zero-order chi connectivity index (χ0) is 6.99. The van der Waals surface area contributed by atoms with E-state index in [-0.39, 0.29) is 17.6 Å². The van der Waals surface area contributed by atoms with E-state index < -0.39 is 0 Å². The molecule has 0 aromatic rings. The molecule has 5 heteroatoms. The average molecular weight is 173 g/mol. The molecular weight excluding hydrogens is 153 g/mol. The van der Waals surface area contributed by atoms with Gasteiger partial charge in [0.15, 0.2) is 0 Å². The van der Waals surface area contributed by atoms with E-state index in [0.717, 1.165) is 6.16 Å². The fourth-order valence-electron chi connectivity index (χ4n) is 0. The summed E-state index contributed by atoms with van der Waals surface area (Å²) in [6.45, 7) is 0.282. The SMILES string of the molecule is CN(C)C.O.O.OCCP. The molecule has 4 nitrogen and oxygen atoms in total. The maximum Gasteiger partial charge on any atom is 0.0465 e. The van der Waals surface area contributed by atoms with Crippen molar-refractivity contribution >= 4 is 9.24 Å². The maximum absolute atomic E-state index is 7.85. The zero-order valence-electron chi connectivity index (χ0n) is 6.89. The van der Waals surface area contributed by atoms with E-state index in [1.54, 1.807) is 0 Å². The van der Waals surface area contributed by atoms with Gasteiger partial charge in [0.2, 0.25) is 0 Å². The molecule has 68 valence electrons. The van der Waals surface area contributed by atoms with Crippen LogP contribution >= 0.6 is 9.24 Å². The van der Waals surface area contributed by atoms with Gasteiger partial charge >= 0.3 is 0 Å². The van der Waals surface area contributed by atoms with Crippen LogP contribution in [0.15, 0.2) is 0 Å². The lowest BCUT2D eigenvalue weighted by Crippen LogP contribution is -1.99. The van der Waals surface area contributed by atoms with Crippen LogP contribution in [-0.2, 0) is 0 Å². The van der Waals surface area contributed by atoms with Crippen molar-refractivity contribution < 1.29 is 16.1 Å². The first-order valence-electron chi connectivity index (χ1n) is 2.57. The van der Waals surface area contributed by atoms with E-state index in [1.807, 2.05) is 26.0 Å². The first kappa shape index (κ1) is 22.4. The predicted molar refractivity (Wildman–Crippen MR) is 48.5 cm³/mol. The molecule has 0 aromatic carbocycles. The molecule has 0 bridgehead atoms. The summed E-state index contributed by atoms with van der Waals surface area (Å²) in [7, 11) is 8.41. The molecule has 5 N–H and O–H groups in total. The van der Waals surface area contributed by atoms with E-state index in [2.05, 4.69) is 9.24 Å². The molecule has 0 aliphatic heterocycles. The summed E-state index contributed by atoms with van der Waals surface area (Å²) in [4.78, 5) is 2.00. The Morgan fingerprint density at radius 2 is 1.30 bits per heavy atom. The predicted octanol–water partition coefficient (Wildman–Crippen LogP) is -1.62. The van der Waals surface area contributed by atoms with Gasteiger partial charge in [0.1, 0.15) is 0 Å². The highest BCUT2D eigenvalue weighted by molar-refractivity contribution is 7.16. The Hall–Kier alpha value is 0.270. The molecule has 0 spiro atoms. The molecule has 0 heterocycles. The van der Waals surface area contributed by atoms with E-state index in [0.29, 0.717) is 0 Å². The van der Waals surface area contributed by atoms with Crippen LogP contribution in [0.1, 0.15) is 0 Å². The third-order valence-corrected chi connectivity index (χ3v) is 0.387. The van der Waals surface area contributed by atoms with Crippen LogP contribution < -0.4 is 0 Å². The Morgan fingerprint density at radius 3 is 1.30 bits per heavy atom. The van der Waals surface area contributed by atoms with Gasteiger partial charge in [0.05, 0.1) is 0 Å². The first-order chi connectivity index (χ1) is 3.65. The van der Waals surface area contributed by atoms with Crippen LogP contribution in [0.25, 0.3) is 0 Å². The fourth-order valence-corrected chi connectivity index (χ4v) is 0. The van der Waals surface area contributed by atoms with Gasteiger partial charge in [0.25, 0.3) is 0 Å². The lowest BCUT2D eigenvalue weighted by atomic mass is 10.9. The van der Waals surface area contributed by atoms with Gasteiger partial charge in [-0.2, -0.15) is 0 Å². The van der Waals surface area contributed by atoms with Gasteiger partial charge in [-0.15, -0.1) is 9.24 Å². The third-order valence-electron chi connectivity index (χ3n) is 0.129. The average Bonchev–Trinajstić information content (AvgIpc) is 1.65. The van der Waals surface area contributed by atoms with Gasteiger partial charge < -0.3 is 21.0 Å². The number of aliphatic hydroxyl groups is 1. The Labute approximate surface area is 65.1 Å². The highest BCUT2D eigenvalue weighted by atomic mass is 31.0. The van der Waals surface area contributed by atoms with Crippen molar-refractivity contribution in [3.63, 3.8) is 0 Å². The topological polar surface area (TPSA) is 86.5 Å². The summed E-state index contributed by atoms with van der Waals surface area (Å²) in [6, 6.07) is 0. The van der Waals surface area contributed by atoms with Crippen molar-refractivity contribution in [3.8, 4) is 0 Å². The van der Waals surface area contributed by atoms with Gasteiger partial charge in [-0.1, -0.05) is 0 Å². The monoisotopic (exact) mass is 173 g/mol. The summed E-state index contributed by atoms with van der Waals surface area (Å²) >= 11 is 0. The number of hydrogen-bond acceptors (Lipinski definition) is 2. The van der Waals surface area contributed by atoms with Gasteiger partial charge in [-0.3, -0.25) is 0 Å². The molecule has 0 aromatic heterocycles. The normalized spacial score (nSPS) is 6.60. The first-order valence-corrected chi connectivity index (χ1v) is 3.38. The van der Waals surface area contributed by atoms with Gasteiger partial charge in [-0.25, -0.2) is 0 Å². The third kappa shape index (κ3) is 271. The van der Waals surface area contributed by atoms with Crippen molar-refractivity contribution in [2.75, 3.05) is 33.9 Å². The molecule has 0 radical (unpaired) electrons. The molecule has 0 rings (SSSR count). The molecule has 0 fully saturated rings. The summed E-state index contributed by atoms with van der Waals surface area (Å²) in [5.41, 5.74) is 0. The molecule has 0 aliphatic rings. The standard InChI is InChI=1S/C3H9N.C2H7OP.2H2O/c1-4(2)3;3-1-2-4;;/h1-3H3;3H,1-2,4H2;2*1H2. The Balaban J connectivity index is -0.0000000300. The quantitative estimate of drug-likeness (QED) is 0.483. The highest BCUT2D eigenvalue weighted by Crippen LogP contribution is 1.70. The lowest BCUT2D eigenvalue weighted by molar-refractivity contribution is 0.322. The smallest absolute Gasteiger partial charge is 0.0465 e. The van der Waals surface area contributed by atoms with Crippen LogP contribution in [0, 0.1) is 0 Å². The second kappa shape index (κ2) is 22.8. The summed E-state index contributed by atoms with van der Waals surface area (Å²) in [6.07, 6.45) is 0.792. The number of hydrogen-bond donors (Lipinski definition) is 1. The van der Waals surface area contributed by atoms with Crippen molar-refractivity contribution in [1.29, 1.82) is 0 Å². The van der Waals surface area contributed by atoms with Crippen molar-refractivity contribution in [3.05, 3.63) is 0 Å². The molecular formula is C5H20NO3P. The maximum atomic E-state index is 7.85. The van der Waals surface area contributed by atoms with E-state index in [9.17, 15) is 0 Å². The molecule has 0 aliphatic carbocycles. The second-order valence-corrected chi connectivity index (χ2v) is 2.43. The van der Waals surface area contributed by atoms with Crippen molar-refractivity contribution in [1.82, 2.24) is 4.90 Å². The van der Waals surface area contributed by atoms with E-state index in [4.69, 9.17) is 5.11 Å². The Bertz CT molecular complexity index is 33.3. The van der Waals surface area contributed by atoms with Crippen molar-refractivity contribution in [2.24, 2.45) is 0 Å². The van der Waals surface area contributed by atoms with Crippen LogP contribution in [0.5, 0.6) is 0 Å². The van der Waals surface area contributed by atoms with Crippen LogP contribution in [0.4, 0.5) is 0 Å². The molecule has 0 saturated carbocycles. The molecule has 1 atom stereocenters. The number of nitrogens with zero attached hydrogens (tertiary/aromatic N) is 1. The van der Waals surface area contributed by atoms with Gasteiger partial charge in [-0.05, 0) is 27.3 Å². The van der Waals surface area contributed by atoms with Crippen molar-refractivity contribution in [2.45, 2.75) is 0 Å². The number of rotatable bonds is 1. The minimum Gasteiger partial charge on any atom is -0.412 e. The van der Waals surface area contributed by atoms with Crippen LogP contribution in [0.3, 0.4) is 0 Å². The second-order valence-electron chi connectivity index (χ2n) is 1.85. The Kier molecular flexibility index (Phi) is 51.2. The zero-order valence-corrected chi connectivity index (χ0v) is 8.04. The summed E-state index contributed by atoms with van der Waals surface area (Å²) in [5.74, 6) is 0. The summed E-state index contributed by atoms with van der Waals surface area (Å²) < 4.78 is 0. The van der Waals surface area contributed by atoms with E-state index >= 15 is 0 Å². The van der Waals surface area contributed by atoms with Crippen LogP contribution in [0.2, 0.25) is 0 Å². The highest BCUT2D eigenvalue weighted by Gasteiger charge is 1.58. The fraction of sp³-hybridized carbons (Fsp3) is 1.00. The van der Waals surface area contributed by atoms with Crippen LogP contribution in [-0.4, -0.2) is 54.9 Å². The largest absolute Gasteiger partial charge is 0.412 e. The molecule has 0 saturated heterocycles. The summed E-state index contributed by atoms with van der Waals surface area (Å²) in [5, 5.41) is 7.85. The molecule has 10 heavy (non-hydrogen) atoms.